The fraction of sp³-hybridized carbons (Fsp3) is 0.833. The van der Waals surface area contributed by atoms with Crippen LogP contribution in [-0.4, -0.2) is 27.9 Å². The van der Waals surface area contributed by atoms with Gasteiger partial charge in [0.15, 0.2) is 0 Å². The molecule has 90 valence electrons. The summed E-state index contributed by atoms with van der Waals surface area (Å²) in [5.74, 6) is 1.90. The van der Waals surface area contributed by atoms with Gasteiger partial charge in [-0.2, -0.15) is 0 Å². The second kappa shape index (κ2) is 5.43. The minimum absolute atomic E-state index is 0.694. The number of nitrogens with one attached hydrogen (secondary N) is 1. The van der Waals surface area contributed by atoms with Crippen molar-refractivity contribution in [2.24, 2.45) is 5.92 Å². The molecule has 0 aliphatic heterocycles. The van der Waals surface area contributed by atoms with Gasteiger partial charge in [0.1, 0.15) is 12.2 Å². The molecule has 1 aliphatic rings. The summed E-state index contributed by atoms with van der Waals surface area (Å²) in [6.45, 7) is 6.62. The molecule has 1 fully saturated rings. The van der Waals surface area contributed by atoms with E-state index in [1.807, 2.05) is 6.33 Å². The van der Waals surface area contributed by atoms with Gasteiger partial charge in [-0.25, -0.2) is 0 Å². The van der Waals surface area contributed by atoms with Crippen molar-refractivity contribution in [2.45, 2.75) is 45.6 Å². The lowest BCUT2D eigenvalue weighted by atomic mass is 10.1. The fourth-order valence-electron chi connectivity index (χ4n) is 1.80. The zero-order valence-electron chi connectivity index (χ0n) is 10.3. The first-order chi connectivity index (χ1) is 7.81. The molecule has 4 nitrogen and oxygen atoms in total. The average Bonchev–Trinajstić information content (AvgIpc) is 3.04. The molecular weight excluding hydrogens is 200 g/mol. The summed E-state index contributed by atoms with van der Waals surface area (Å²) in [5, 5.41) is 11.7. The highest BCUT2D eigenvalue weighted by Crippen LogP contribution is 2.35. The topological polar surface area (TPSA) is 42.7 Å². The fourth-order valence-corrected chi connectivity index (χ4v) is 1.80. The van der Waals surface area contributed by atoms with Crippen LogP contribution in [0.15, 0.2) is 6.33 Å². The lowest BCUT2D eigenvalue weighted by Crippen LogP contribution is -2.24. The van der Waals surface area contributed by atoms with Crippen molar-refractivity contribution in [3.63, 3.8) is 0 Å². The molecule has 2 rings (SSSR count). The molecule has 16 heavy (non-hydrogen) atoms. The van der Waals surface area contributed by atoms with Gasteiger partial charge >= 0.3 is 0 Å². The molecule has 1 N–H and O–H groups in total. The van der Waals surface area contributed by atoms with E-state index < -0.39 is 0 Å². The summed E-state index contributed by atoms with van der Waals surface area (Å²) < 4.78 is 2.24. The monoisotopic (exact) mass is 222 g/mol. The van der Waals surface area contributed by atoms with Crippen LogP contribution >= 0.6 is 0 Å². The summed E-state index contributed by atoms with van der Waals surface area (Å²) >= 11 is 0. The maximum atomic E-state index is 4.19. The third-order valence-corrected chi connectivity index (χ3v) is 3.30. The molecule has 0 bridgehead atoms. The molecule has 0 radical (unpaired) electrons. The van der Waals surface area contributed by atoms with Crippen LogP contribution in [0.1, 0.15) is 45.0 Å². The Balaban J connectivity index is 1.70. The third-order valence-electron chi connectivity index (χ3n) is 3.30. The van der Waals surface area contributed by atoms with Gasteiger partial charge in [0, 0.05) is 19.0 Å². The van der Waals surface area contributed by atoms with Crippen LogP contribution in [0.4, 0.5) is 0 Å². The molecular formula is C12H22N4. The van der Waals surface area contributed by atoms with Crippen molar-refractivity contribution < 1.29 is 0 Å². The lowest BCUT2D eigenvalue weighted by molar-refractivity contribution is 0.497. The Morgan fingerprint density at radius 1 is 1.56 bits per heavy atom. The average molecular weight is 222 g/mol. The predicted molar refractivity (Wildman–Crippen MR) is 64.3 cm³/mol. The number of nitrogens with zero attached hydrogens (tertiary/aromatic N) is 3. The molecule has 1 aromatic heterocycles. The van der Waals surface area contributed by atoms with Gasteiger partial charge in [-0.1, -0.05) is 20.3 Å². The molecule has 1 atom stereocenters. The van der Waals surface area contributed by atoms with E-state index in [2.05, 4.69) is 33.9 Å². The first kappa shape index (κ1) is 11.6. The smallest absolute Gasteiger partial charge is 0.134 e. The molecule has 1 heterocycles. The van der Waals surface area contributed by atoms with Gasteiger partial charge < -0.3 is 9.88 Å². The molecule has 4 heteroatoms. The van der Waals surface area contributed by atoms with Gasteiger partial charge in [-0.15, -0.1) is 10.2 Å². The molecule has 1 unspecified atom stereocenters. The normalized spacial score (nSPS) is 17.6. The van der Waals surface area contributed by atoms with Gasteiger partial charge in [0.25, 0.3) is 0 Å². The maximum absolute atomic E-state index is 4.19. The first-order valence-corrected chi connectivity index (χ1v) is 6.40. The summed E-state index contributed by atoms with van der Waals surface area (Å²) in [4.78, 5) is 0. The Morgan fingerprint density at radius 3 is 3.06 bits per heavy atom. The lowest BCUT2D eigenvalue weighted by Gasteiger charge is -2.10. The Hall–Kier alpha value is -0.900. The van der Waals surface area contributed by atoms with Crippen molar-refractivity contribution in [3.8, 4) is 0 Å². The van der Waals surface area contributed by atoms with Crippen LogP contribution in [0, 0.1) is 5.92 Å². The number of aromatic nitrogens is 3. The maximum Gasteiger partial charge on any atom is 0.134 e. The Bertz CT molecular complexity index is 317. The minimum atomic E-state index is 0.694. The van der Waals surface area contributed by atoms with Crippen LogP contribution < -0.4 is 5.32 Å². The van der Waals surface area contributed by atoms with Gasteiger partial charge in [0.2, 0.25) is 0 Å². The largest absolute Gasteiger partial charge is 0.316 e. The zero-order chi connectivity index (χ0) is 11.4. The number of hydrogen-bond donors (Lipinski definition) is 1. The van der Waals surface area contributed by atoms with Crippen LogP contribution in [0.25, 0.3) is 0 Å². The molecule has 1 aromatic rings. The van der Waals surface area contributed by atoms with Crippen molar-refractivity contribution in [1.29, 1.82) is 0 Å². The second-order valence-corrected chi connectivity index (χ2v) is 4.85. The summed E-state index contributed by atoms with van der Waals surface area (Å²) in [7, 11) is 0. The van der Waals surface area contributed by atoms with Crippen molar-refractivity contribution >= 4 is 0 Å². The van der Waals surface area contributed by atoms with E-state index in [9.17, 15) is 0 Å². The van der Waals surface area contributed by atoms with Gasteiger partial charge in [-0.05, 0) is 25.3 Å². The number of hydrogen-bond acceptors (Lipinski definition) is 3. The van der Waals surface area contributed by atoms with E-state index in [0.29, 0.717) is 6.04 Å². The van der Waals surface area contributed by atoms with Gasteiger partial charge in [0.05, 0.1) is 0 Å². The highest BCUT2D eigenvalue weighted by Gasteiger charge is 2.25. The number of rotatable bonds is 7. The first-order valence-electron chi connectivity index (χ1n) is 6.40. The molecule has 1 aliphatic carbocycles. The highest BCUT2D eigenvalue weighted by atomic mass is 15.3. The van der Waals surface area contributed by atoms with E-state index in [0.717, 1.165) is 31.3 Å². The minimum Gasteiger partial charge on any atom is -0.316 e. The van der Waals surface area contributed by atoms with Crippen LogP contribution in [-0.2, 0) is 6.42 Å². The Kier molecular flexibility index (Phi) is 3.93. The van der Waals surface area contributed by atoms with Crippen LogP contribution in [0.5, 0.6) is 0 Å². The van der Waals surface area contributed by atoms with E-state index in [1.54, 1.807) is 0 Å². The second-order valence-electron chi connectivity index (χ2n) is 4.85. The van der Waals surface area contributed by atoms with Gasteiger partial charge in [-0.3, -0.25) is 0 Å². The van der Waals surface area contributed by atoms with E-state index in [1.165, 1.54) is 19.3 Å². The Labute approximate surface area is 97.5 Å². The van der Waals surface area contributed by atoms with Crippen LogP contribution in [0.3, 0.4) is 0 Å². The Morgan fingerprint density at radius 2 is 2.38 bits per heavy atom. The molecule has 0 amide bonds. The third kappa shape index (κ3) is 3.04. The summed E-state index contributed by atoms with van der Waals surface area (Å²) in [6, 6.07) is 0.694. The SMILES string of the molecule is CCC(C)CNCCc1nncn1C1CC1. The van der Waals surface area contributed by atoms with E-state index >= 15 is 0 Å². The highest BCUT2D eigenvalue weighted by molar-refractivity contribution is 4.95. The molecule has 0 saturated heterocycles. The molecule has 1 saturated carbocycles. The van der Waals surface area contributed by atoms with E-state index in [4.69, 9.17) is 0 Å². The van der Waals surface area contributed by atoms with Crippen LogP contribution in [0.2, 0.25) is 0 Å². The molecule has 0 spiro atoms. The summed E-state index contributed by atoms with van der Waals surface area (Å²) in [5.41, 5.74) is 0. The van der Waals surface area contributed by atoms with Crippen molar-refractivity contribution in [3.05, 3.63) is 12.2 Å². The van der Waals surface area contributed by atoms with Crippen molar-refractivity contribution in [2.75, 3.05) is 13.1 Å². The van der Waals surface area contributed by atoms with E-state index in [-0.39, 0.29) is 0 Å². The predicted octanol–water partition coefficient (Wildman–Crippen LogP) is 1.79. The summed E-state index contributed by atoms with van der Waals surface area (Å²) in [6.07, 6.45) is 6.70. The quantitative estimate of drug-likeness (QED) is 0.715. The molecule has 0 aromatic carbocycles. The zero-order valence-corrected chi connectivity index (χ0v) is 10.3. The standard InChI is InChI=1S/C12H22N4/c1-3-10(2)8-13-7-6-12-15-14-9-16(12)11-4-5-11/h9-11,13H,3-8H2,1-2H3. The van der Waals surface area contributed by atoms with Crippen molar-refractivity contribution in [1.82, 2.24) is 20.1 Å².